The van der Waals surface area contributed by atoms with Crippen LogP contribution in [-0.4, -0.2) is 17.7 Å². The average Bonchev–Trinajstić information content (AvgIpc) is 2.34. The summed E-state index contributed by atoms with van der Waals surface area (Å²) in [6.07, 6.45) is 1.72. The van der Waals surface area contributed by atoms with Crippen LogP contribution in [0.2, 0.25) is 0 Å². The van der Waals surface area contributed by atoms with Gasteiger partial charge in [-0.05, 0) is 6.42 Å². The fourth-order valence-corrected chi connectivity index (χ4v) is 1.10. The summed E-state index contributed by atoms with van der Waals surface area (Å²) < 4.78 is 0. The van der Waals surface area contributed by atoms with E-state index >= 15 is 0 Å². The molecule has 0 aromatic heterocycles. The minimum atomic E-state index is -0.183. The lowest BCUT2D eigenvalue weighted by Gasteiger charge is -2.04. The lowest BCUT2D eigenvalue weighted by Crippen LogP contribution is -2.32. The van der Waals surface area contributed by atoms with Crippen LogP contribution in [0, 0.1) is 0 Å². The maximum atomic E-state index is 10.9. The highest BCUT2D eigenvalue weighted by Gasteiger charge is 2.25. The molecule has 3 heteroatoms. The lowest BCUT2D eigenvalue weighted by atomic mass is 10.1. The van der Waals surface area contributed by atoms with Gasteiger partial charge in [-0.3, -0.25) is 9.59 Å². The van der Waals surface area contributed by atoms with Gasteiger partial charge in [-0.1, -0.05) is 6.92 Å². The third kappa shape index (κ3) is 1.35. The van der Waals surface area contributed by atoms with Crippen LogP contribution < -0.4 is 5.32 Å². The number of hydrogen-bond donors (Lipinski definition) is 1. The van der Waals surface area contributed by atoms with Crippen LogP contribution in [0.1, 0.15) is 26.2 Å². The third-order valence-electron chi connectivity index (χ3n) is 1.73. The van der Waals surface area contributed by atoms with E-state index in [1.807, 2.05) is 6.92 Å². The number of Topliss-reactive ketones (excluding diaryl/α,β-unsaturated/α-hetero) is 1. The Morgan fingerprint density at radius 1 is 1.80 bits per heavy atom. The number of carbonyl (C=O) groups excluding carboxylic acids is 2. The number of amides is 1. The molecule has 1 saturated heterocycles. The van der Waals surface area contributed by atoms with Crippen molar-refractivity contribution in [2.45, 2.75) is 32.2 Å². The highest BCUT2D eigenvalue weighted by atomic mass is 16.2. The first-order valence-electron chi connectivity index (χ1n) is 3.56. The summed E-state index contributed by atoms with van der Waals surface area (Å²) in [4.78, 5) is 21.6. The molecule has 1 unspecified atom stereocenters. The Hall–Kier alpha value is -0.860. The molecule has 1 atom stereocenters. The zero-order valence-corrected chi connectivity index (χ0v) is 6.02. The highest BCUT2D eigenvalue weighted by Crippen LogP contribution is 2.08. The molecule has 0 aliphatic carbocycles. The van der Waals surface area contributed by atoms with Gasteiger partial charge in [0.2, 0.25) is 5.91 Å². The molecule has 1 fully saturated rings. The van der Waals surface area contributed by atoms with Crippen LogP contribution in [0.15, 0.2) is 0 Å². The summed E-state index contributed by atoms with van der Waals surface area (Å²) in [5.41, 5.74) is 0. The summed E-state index contributed by atoms with van der Waals surface area (Å²) in [6.45, 7) is 1.81. The molecule has 0 radical (unpaired) electrons. The Bertz CT molecular complexity index is 165. The summed E-state index contributed by atoms with van der Waals surface area (Å²) in [6, 6.07) is -0.183. The maximum absolute atomic E-state index is 10.9. The largest absolute Gasteiger partial charge is 0.346 e. The Kier molecular flexibility index (Phi) is 2.04. The van der Waals surface area contributed by atoms with Crippen molar-refractivity contribution in [1.29, 1.82) is 0 Å². The van der Waals surface area contributed by atoms with Crippen molar-refractivity contribution in [1.82, 2.24) is 5.32 Å². The predicted octanol–water partition coefficient (Wildman–Crippen LogP) is 0.244. The smallest absolute Gasteiger partial charge is 0.220 e. The molecule has 3 nitrogen and oxygen atoms in total. The van der Waals surface area contributed by atoms with Crippen LogP contribution in [0.25, 0.3) is 0 Å². The van der Waals surface area contributed by atoms with Crippen molar-refractivity contribution in [3.8, 4) is 0 Å². The van der Waals surface area contributed by atoms with Crippen molar-refractivity contribution in [3.63, 3.8) is 0 Å². The molecule has 10 heavy (non-hydrogen) atoms. The molecular weight excluding hydrogens is 130 g/mol. The number of carbonyl (C=O) groups is 2. The van der Waals surface area contributed by atoms with E-state index in [-0.39, 0.29) is 17.7 Å². The van der Waals surface area contributed by atoms with Crippen LogP contribution in [-0.2, 0) is 9.59 Å². The lowest BCUT2D eigenvalue weighted by molar-refractivity contribution is -0.124. The average molecular weight is 141 g/mol. The molecule has 0 aromatic rings. The molecule has 0 saturated carbocycles. The van der Waals surface area contributed by atoms with E-state index in [2.05, 4.69) is 5.32 Å². The van der Waals surface area contributed by atoms with E-state index in [1.165, 1.54) is 0 Å². The molecule has 1 aliphatic rings. The summed E-state index contributed by atoms with van der Waals surface area (Å²) in [5, 5.41) is 2.62. The van der Waals surface area contributed by atoms with Crippen molar-refractivity contribution in [2.24, 2.45) is 0 Å². The third-order valence-corrected chi connectivity index (χ3v) is 1.73. The van der Waals surface area contributed by atoms with E-state index in [4.69, 9.17) is 0 Å². The Morgan fingerprint density at radius 3 is 2.90 bits per heavy atom. The number of ketones is 1. The minimum absolute atomic E-state index is 0.00630. The fraction of sp³-hybridized carbons (Fsp3) is 0.714. The van der Waals surface area contributed by atoms with Crippen molar-refractivity contribution >= 4 is 11.7 Å². The van der Waals surface area contributed by atoms with E-state index in [0.29, 0.717) is 19.3 Å². The van der Waals surface area contributed by atoms with E-state index < -0.39 is 0 Å². The van der Waals surface area contributed by atoms with Gasteiger partial charge in [0.25, 0.3) is 0 Å². The van der Waals surface area contributed by atoms with Crippen molar-refractivity contribution in [3.05, 3.63) is 0 Å². The molecule has 0 spiro atoms. The van der Waals surface area contributed by atoms with Crippen molar-refractivity contribution < 1.29 is 9.59 Å². The normalized spacial score (nSPS) is 24.5. The second kappa shape index (κ2) is 2.82. The Balaban J connectivity index is 2.44. The van der Waals surface area contributed by atoms with E-state index in [1.54, 1.807) is 0 Å². The van der Waals surface area contributed by atoms with Gasteiger partial charge in [0, 0.05) is 12.8 Å². The van der Waals surface area contributed by atoms with Gasteiger partial charge >= 0.3 is 0 Å². The minimum Gasteiger partial charge on any atom is -0.346 e. The van der Waals surface area contributed by atoms with E-state index in [9.17, 15) is 9.59 Å². The molecule has 1 rings (SSSR count). The first-order chi connectivity index (χ1) is 4.74. The SMILES string of the molecule is CCC(=O)C1CCC(=O)N1. The summed E-state index contributed by atoms with van der Waals surface area (Å²) >= 11 is 0. The predicted molar refractivity (Wildman–Crippen MR) is 36.5 cm³/mol. The zero-order valence-electron chi connectivity index (χ0n) is 6.02. The van der Waals surface area contributed by atoms with Gasteiger partial charge in [0.1, 0.15) is 0 Å². The first kappa shape index (κ1) is 7.25. The molecule has 0 bridgehead atoms. The molecule has 1 heterocycles. The topological polar surface area (TPSA) is 46.2 Å². The molecule has 1 N–H and O–H groups in total. The molecule has 1 aliphatic heterocycles. The molecule has 0 aromatic carbocycles. The number of rotatable bonds is 2. The van der Waals surface area contributed by atoms with Crippen LogP contribution in [0.5, 0.6) is 0 Å². The zero-order chi connectivity index (χ0) is 7.56. The van der Waals surface area contributed by atoms with Gasteiger partial charge in [-0.2, -0.15) is 0 Å². The Labute approximate surface area is 59.8 Å². The monoisotopic (exact) mass is 141 g/mol. The highest BCUT2D eigenvalue weighted by molar-refractivity contribution is 5.91. The van der Waals surface area contributed by atoms with Crippen molar-refractivity contribution in [2.75, 3.05) is 0 Å². The van der Waals surface area contributed by atoms with Gasteiger partial charge in [-0.15, -0.1) is 0 Å². The van der Waals surface area contributed by atoms with Crippen LogP contribution >= 0.6 is 0 Å². The summed E-state index contributed by atoms with van der Waals surface area (Å²) in [7, 11) is 0. The number of hydrogen-bond acceptors (Lipinski definition) is 2. The number of nitrogens with one attached hydrogen (secondary N) is 1. The molecule has 1 amide bonds. The van der Waals surface area contributed by atoms with Gasteiger partial charge < -0.3 is 5.32 Å². The fourth-order valence-electron chi connectivity index (χ4n) is 1.10. The standard InChI is InChI=1S/C7H11NO2/c1-2-6(9)5-3-4-7(10)8-5/h5H,2-4H2,1H3,(H,8,10). The molecular formula is C7H11NO2. The second-order valence-electron chi connectivity index (χ2n) is 2.48. The Morgan fingerprint density at radius 2 is 2.50 bits per heavy atom. The van der Waals surface area contributed by atoms with E-state index in [0.717, 1.165) is 0 Å². The van der Waals surface area contributed by atoms with Crippen LogP contribution in [0.3, 0.4) is 0 Å². The first-order valence-corrected chi connectivity index (χ1v) is 3.56. The quantitative estimate of drug-likeness (QED) is 0.599. The van der Waals surface area contributed by atoms with Gasteiger partial charge in [0.05, 0.1) is 6.04 Å². The van der Waals surface area contributed by atoms with Gasteiger partial charge in [-0.25, -0.2) is 0 Å². The van der Waals surface area contributed by atoms with Crippen LogP contribution in [0.4, 0.5) is 0 Å². The maximum Gasteiger partial charge on any atom is 0.220 e. The molecule has 56 valence electrons. The second-order valence-corrected chi connectivity index (χ2v) is 2.48. The van der Waals surface area contributed by atoms with Gasteiger partial charge in [0.15, 0.2) is 5.78 Å². The summed E-state index contributed by atoms with van der Waals surface area (Å²) in [5.74, 6) is 0.151.